The highest BCUT2D eigenvalue weighted by Gasteiger charge is 2.29. The van der Waals surface area contributed by atoms with Crippen LogP contribution in [0.25, 0.3) is 33.4 Å². The van der Waals surface area contributed by atoms with Crippen LogP contribution in [0.4, 0.5) is 0 Å². The molecule has 3 aromatic rings. The molecule has 0 radical (unpaired) electrons. The summed E-state index contributed by atoms with van der Waals surface area (Å²) < 4.78 is 0. The minimum absolute atomic E-state index is 0.0989. The van der Waals surface area contributed by atoms with Gasteiger partial charge in [0.15, 0.2) is 0 Å². The van der Waals surface area contributed by atoms with Crippen LogP contribution in [0.2, 0.25) is 0 Å². The maximum Gasteiger partial charge on any atom is -0.00203 e. The predicted octanol–water partition coefficient (Wildman–Crippen LogP) is 8.16. The minimum Gasteiger partial charge on any atom is -0.0616 e. The van der Waals surface area contributed by atoms with Gasteiger partial charge in [-0.3, -0.25) is 0 Å². The van der Waals surface area contributed by atoms with E-state index in [0.29, 0.717) is 0 Å². The second-order valence-corrected chi connectivity index (χ2v) is 10.2. The first-order chi connectivity index (χ1) is 13.1. The average Bonchev–Trinajstić information content (AvgIpc) is 2.63. The molecule has 0 N–H and O–H groups in total. The number of aryl methyl sites for hydroxylation is 1. The van der Waals surface area contributed by atoms with Crippen molar-refractivity contribution in [2.45, 2.75) is 65.7 Å². The molecule has 1 aliphatic carbocycles. The molecule has 0 nitrogen and oxygen atoms in total. The van der Waals surface area contributed by atoms with Crippen molar-refractivity contribution in [1.82, 2.24) is 0 Å². The summed E-state index contributed by atoms with van der Waals surface area (Å²) in [5.41, 5.74) is 13.0. The Morgan fingerprint density at radius 1 is 0.571 bits per heavy atom. The fraction of sp³-hybridized carbons (Fsp3) is 0.357. The molecule has 3 aromatic carbocycles. The van der Waals surface area contributed by atoms with Gasteiger partial charge >= 0.3 is 0 Å². The Morgan fingerprint density at radius 2 is 1.11 bits per heavy atom. The van der Waals surface area contributed by atoms with E-state index in [-0.39, 0.29) is 10.8 Å². The van der Waals surface area contributed by atoms with Crippen molar-refractivity contribution in [3.05, 3.63) is 71.3 Å². The summed E-state index contributed by atoms with van der Waals surface area (Å²) in [5.74, 6) is 0. The first-order valence-electron chi connectivity index (χ1n) is 10.5. The average molecular weight is 369 g/mol. The summed E-state index contributed by atoms with van der Waals surface area (Å²) in [7, 11) is 0. The SMILES string of the molecule is CCc1cc(C(C)(C)C)c(-c2cccc3c2-c2ccccc2-3)cc1C(C)(C)C. The van der Waals surface area contributed by atoms with E-state index in [1.54, 1.807) is 0 Å². The van der Waals surface area contributed by atoms with Gasteiger partial charge in [-0.2, -0.15) is 0 Å². The molecule has 0 saturated carbocycles. The molecule has 4 rings (SSSR count). The lowest BCUT2D eigenvalue weighted by molar-refractivity contribution is 0.572. The van der Waals surface area contributed by atoms with Crippen LogP contribution < -0.4 is 0 Å². The summed E-state index contributed by atoms with van der Waals surface area (Å²) in [5, 5.41) is 0. The Balaban J connectivity index is 2.03. The zero-order chi connectivity index (χ0) is 20.3. The highest BCUT2D eigenvalue weighted by molar-refractivity contribution is 6.09. The van der Waals surface area contributed by atoms with E-state index in [2.05, 4.69) is 103 Å². The van der Waals surface area contributed by atoms with Crippen LogP contribution in [0.15, 0.2) is 54.6 Å². The van der Waals surface area contributed by atoms with E-state index in [1.807, 2.05) is 0 Å². The number of benzene rings is 3. The third-order valence-corrected chi connectivity index (χ3v) is 6.08. The van der Waals surface area contributed by atoms with Gasteiger partial charge in [-0.15, -0.1) is 0 Å². The molecule has 0 saturated heterocycles. The fourth-order valence-corrected chi connectivity index (χ4v) is 4.64. The Labute approximate surface area is 170 Å². The number of hydrogen-bond acceptors (Lipinski definition) is 0. The van der Waals surface area contributed by atoms with Crippen molar-refractivity contribution in [1.29, 1.82) is 0 Å². The third-order valence-electron chi connectivity index (χ3n) is 6.08. The third kappa shape index (κ3) is 2.91. The van der Waals surface area contributed by atoms with Crippen molar-refractivity contribution in [3.63, 3.8) is 0 Å². The van der Waals surface area contributed by atoms with Crippen LogP contribution in [-0.2, 0) is 17.3 Å². The van der Waals surface area contributed by atoms with E-state index in [9.17, 15) is 0 Å². The Morgan fingerprint density at radius 3 is 1.68 bits per heavy atom. The van der Waals surface area contributed by atoms with Gasteiger partial charge in [-0.25, -0.2) is 0 Å². The molecule has 1 aliphatic rings. The minimum atomic E-state index is 0.0989. The molecule has 28 heavy (non-hydrogen) atoms. The van der Waals surface area contributed by atoms with E-state index in [4.69, 9.17) is 0 Å². The Bertz CT molecular complexity index is 1050. The number of fused-ring (bicyclic) bond motifs is 4. The highest BCUT2D eigenvalue weighted by atomic mass is 14.3. The molecule has 0 aromatic heterocycles. The van der Waals surface area contributed by atoms with Gasteiger partial charge in [0.05, 0.1) is 0 Å². The molecule has 0 spiro atoms. The van der Waals surface area contributed by atoms with Gasteiger partial charge < -0.3 is 0 Å². The smallest absolute Gasteiger partial charge is 0.00203 e. The first kappa shape index (κ1) is 19.0. The van der Waals surface area contributed by atoms with E-state index in [1.165, 1.54) is 50.1 Å². The van der Waals surface area contributed by atoms with Crippen LogP contribution in [0.1, 0.15) is 65.2 Å². The molecule has 0 bridgehead atoms. The van der Waals surface area contributed by atoms with Crippen molar-refractivity contribution < 1.29 is 0 Å². The summed E-state index contributed by atoms with van der Waals surface area (Å²) in [4.78, 5) is 0. The van der Waals surface area contributed by atoms with Gasteiger partial charge in [0.25, 0.3) is 0 Å². The topological polar surface area (TPSA) is 0 Å². The molecule has 0 fully saturated rings. The maximum atomic E-state index is 2.50. The van der Waals surface area contributed by atoms with Crippen molar-refractivity contribution in [3.8, 4) is 33.4 Å². The fourth-order valence-electron chi connectivity index (χ4n) is 4.64. The molecular formula is C28H32. The second kappa shape index (κ2) is 6.34. The quantitative estimate of drug-likeness (QED) is 0.335. The lowest BCUT2D eigenvalue weighted by Gasteiger charge is -2.32. The molecule has 144 valence electrons. The van der Waals surface area contributed by atoms with Crippen molar-refractivity contribution in [2.24, 2.45) is 0 Å². The van der Waals surface area contributed by atoms with Gasteiger partial charge in [0.1, 0.15) is 0 Å². The van der Waals surface area contributed by atoms with Crippen LogP contribution in [0, 0.1) is 0 Å². The standard InChI is InChI=1S/C28H32/c1-8-18-16-25(28(5,6)7)23(17-24(18)27(2,3)4)22-15-11-14-21-19-12-9-10-13-20(19)26(21)22/h9-17H,8H2,1-7H3. The lowest BCUT2D eigenvalue weighted by Crippen LogP contribution is -2.19. The van der Waals surface area contributed by atoms with Crippen LogP contribution in [0.3, 0.4) is 0 Å². The van der Waals surface area contributed by atoms with Crippen molar-refractivity contribution >= 4 is 0 Å². The van der Waals surface area contributed by atoms with Gasteiger partial charge in [0.2, 0.25) is 0 Å². The molecule has 0 amide bonds. The lowest BCUT2D eigenvalue weighted by atomic mass is 9.71. The summed E-state index contributed by atoms with van der Waals surface area (Å²) in [6, 6.07) is 20.6. The number of hydrogen-bond donors (Lipinski definition) is 0. The predicted molar refractivity (Wildman–Crippen MR) is 123 cm³/mol. The summed E-state index contributed by atoms with van der Waals surface area (Å²) in [6.07, 6.45) is 1.08. The van der Waals surface area contributed by atoms with Crippen LogP contribution in [-0.4, -0.2) is 0 Å². The first-order valence-corrected chi connectivity index (χ1v) is 10.5. The molecular weight excluding hydrogens is 336 g/mol. The second-order valence-electron chi connectivity index (χ2n) is 10.2. The molecule has 0 heteroatoms. The molecule has 0 aliphatic heterocycles. The molecule has 0 unspecified atom stereocenters. The van der Waals surface area contributed by atoms with E-state index < -0.39 is 0 Å². The maximum absolute atomic E-state index is 2.50. The normalized spacial score (nSPS) is 13.0. The Hall–Kier alpha value is -2.34. The largest absolute Gasteiger partial charge is 0.0616 e. The zero-order valence-electron chi connectivity index (χ0n) is 18.4. The molecule has 0 heterocycles. The van der Waals surface area contributed by atoms with Crippen LogP contribution >= 0.6 is 0 Å². The zero-order valence-corrected chi connectivity index (χ0v) is 18.4. The highest BCUT2D eigenvalue weighted by Crippen LogP contribution is 2.53. The monoisotopic (exact) mass is 368 g/mol. The summed E-state index contributed by atoms with van der Waals surface area (Å²) in [6.45, 7) is 16.3. The van der Waals surface area contributed by atoms with E-state index in [0.717, 1.165) is 6.42 Å². The van der Waals surface area contributed by atoms with Gasteiger partial charge in [-0.1, -0.05) is 103 Å². The molecule has 0 atom stereocenters. The van der Waals surface area contributed by atoms with Gasteiger partial charge in [0, 0.05) is 0 Å². The number of rotatable bonds is 2. The Kier molecular flexibility index (Phi) is 4.30. The van der Waals surface area contributed by atoms with Crippen molar-refractivity contribution in [2.75, 3.05) is 0 Å². The van der Waals surface area contributed by atoms with Gasteiger partial charge in [-0.05, 0) is 67.3 Å². The summed E-state index contributed by atoms with van der Waals surface area (Å²) >= 11 is 0. The van der Waals surface area contributed by atoms with Crippen LogP contribution in [0.5, 0.6) is 0 Å². The van der Waals surface area contributed by atoms with E-state index >= 15 is 0 Å².